The number of hydrogen-bond acceptors (Lipinski definition) is 5. The van der Waals surface area contributed by atoms with Crippen LogP contribution in [0.3, 0.4) is 0 Å². The molecule has 7 nitrogen and oxygen atoms in total. The van der Waals surface area contributed by atoms with Crippen molar-refractivity contribution in [2.45, 2.75) is 19.8 Å². The summed E-state index contributed by atoms with van der Waals surface area (Å²) < 4.78 is 5.13. The number of rotatable bonds is 2. The summed E-state index contributed by atoms with van der Waals surface area (Å²) in [5.41, 5.74) is 0. The van der Waals surface area contributed by atoms with Crippen LogP contribution in [-0.4, -0.2) is 58.0 Å². The molecule has 1 saturated heterocycles. The van der Waals surface area contributed by atoms with Gasteiger partial charge in [-0.15, -0.1) is 10.2 Å². The predicted octanol–water partition coefficient (Wildman–Crippen LogP) is 0.0724. The maximum Gasteiger partial charge on any atom is 0.311 e. The maximum absolute atomic E-state index is 12.1. The first-order valence-corrected chi connectivity index (χ1v) is 6.53. The van der Waals surface area contributed by atoms with Crippen molar-refractivity contribution in [3.8, 4) is 0 Å². The molecule has 0 unspecified atom stereocenters. The van der Waals surface area contributed by atoms with Crippen LogP contribution in [0.1, 0.15) is 29.4 Å². The van der Waals surface area contributed by atoms with E-state index in [1.54, 1.807) is 11.8 Å². The number of carbonyl (C=O) groups is 2. The van der Waals surface area contributed by atoms with Gasteiger partial charge in [-0.1, -0.05) is 0 Å². The molecule has 3 rings (SSSR count). The van der Waals surface area contributed by atoms with Crippen molar-refractivity contribution in [3.63, 3.8) is 0 Å². The van der Waals surface area contributed by atoms with E-state index in [0.717, 1.165) is 12.8 Å². The number of aromatic nitrogens is 2. The Morgan fingerprint density at radius 2 is 1.74 bits per heavy atom. The Labute approximate surface area is 110 Å². The molecule has 0 spiro atoms. The monoisotopic (exact) mass is 264 g/mol. The molecule has 0 radical (unpaired) electrons. The van der Waals surface area contributed by atoms with Crippen molar-refractivity contribution in [3.05, 3.63) is 11.8 Å². The van der Waals surface area contributed by atoms with Gasteiger partial charge in [0.2, 0.25) is 11.8 Å². The fraction of sp³-hybridized carbons (Fsp3) is 0.667. The van der Waals surface area contributed by atoms with Crippen LogP contribution < -0.4 is 0 Å². The molecule has 0 aromatic carbocycles. The zero-order valence-corrected chi connectivity index (χ0v) is 10.8. The molecule has 0 bridgehead atoms. The van der Waals surface area contributed by atoms with Crippen molar-refractivity contribution in [2.24, 2.45) is 5.92 Å². The third-order valence-corrected chi connectivity index (χ3v) is 3.51. The van der Waals surface area contributed by atoms with Gasteiger partial charge in [0, 0.05) is 39.0 Å². The van der Waals surface area contributed by atoms with Crippen molar-refractivity contribution in [2.75, 3.05) is 26.2 Å². The summed E-state index contributed by atoms with van der Waals surface area (Å²) in [6.45, 7) is 3.88. The van der Waals surface area contributed by atoms with Gasteiger partial charge in [0.1, 0.15) is 0 Å². The zero-order chi connectivity index (χ0) is 13.4. The maximum atomic E-state index is 12.1. The molecule has 7 heteroatoms. The lowest BCUT2D eigenvalue weighted by Crippen LogP contribution is -2.51. The van der Waals surface area contributed by atoms with Gasteiger partial charge >= 0.3 is 11.8 Å². The molecule has 19 heavy (non-hydrogen) atoms. The van der Waals surface area contributed by atoms with Crippen LogP contribution in [-0.2, 0) is 4.79 Å². The topological polar surface area (TPSA) is 79.5 Å². The van der Waals surface area contributed by atoms with Crippen molar-refractivity contribution in [1.82, 2.24) is 20.0 Å². The van der Waals surface area contributed by atoms with Crippen molar-refractivity contribution >= 4 is 11.8 Å². The van der Waals surface area contributed by atoms with Crippen LogP contribution in [0.5, 0.6) is 0 Å². The SMILES string of the molecule is Cc1nnc(C(=O)N2CCN(C(=O)C3CC3)CC2)o1. The predicted molar refractivity (Wildman–Crippen MR) is 64.2 cm³/mol. The van der Waals surface area contributed by atoms with E-state index < -0.39 is 0 Å². The van der Waals surface area contributed by atoms with Crippen LogP contribution in [0.2, 0.25) is 0 Å². The summed E-state index contributed by atoms with van der Waals surface area (Å²) in [6, 6.07) is 0. The average Bonchev–Trinajstić information content (AvgIpc) is 3.19. The molecule has 0 N–H and O–H groups in total. The Balaban J connectivity index is 1.57. The third-order valence-electron chi connectivity index (χ3n) is 3.51. The molecule has 2 fully saturated rings. The Morgan fingerprint density at radius 3 is 2.26 bits per heavy atom. The highest BCUT2D eigenvalue weighted by molar-refractivity contribution is 5.89. The van der Waals surface area contributed by atoms with E-state index in [1.165, 1.54) is 0 Å². The van der Waals surface area contributed by atoms with Gasteiger partial charge in [-0.05, 0) is 12.8 Å². The van der Waals surface area contributed by atoms with E-state index in [0.29, 0.717) is 32.1 Å². The lowest BCUT2D eigenvalue weighted by Gasteiger charge is -2.34. The van der Waals surface area contributed by atoms with E-state index in [9.17, 15) is 9.59 Å². The average molecular weight is 264 g/mol. The summed E-state index contributed by atoms with van der Waals surface area (Å²) >= 11 is 0. The van der Waals surface area contributed by atoms with Gasteiger partial charge in [-0.2, -0.15) is 0 Å². The number of piperazine rings is 1. The number of aryl methyl sites for hydroxylation is 1. The Morgan fingerprint density at radius 1 is 1.11 bits per heavy atom. The quantitative estimate of drug-likeness (QED) is 0.755. The number of amides is 2. The first-order valence-electron chi connectivity index (χ1n) is 6.53. The highest BCUT2D eigenvalue weighted by atomic mass is 16.4. The highest BCUT2D eigenvalue weighted by Crippen LogP contribution is 2.31. The summed E-state index contributed by atoms with van der Waals surface area (Å²) in [5, 5.41) is 7.37. The minimum atomic E-state index is -0.251. The minimum absolute atomic E-state index is 0.0273. The van der Waals surface area contributed by atoms with E-state index in [1.807, 2.05) is 4.90 Å². The largest absolute Gasteiger partial charge is 0.417 e. The van der Waals surface area contributed by atoms with Crippen LogP contribution in [0.15, 0.2) is 4.42 Å². The molecular weight excluding hydrogens is 248 g/mol. The second-order valence-electron chi connectivity index (χ2n) is 5.02. The van der Waals surface area contributed by atoms with E-state index >= 15 is 0 Å². The van der Waals surface area contributed by atoms with Gasteiger partial charge in [0.05, 0.1) is 0 Å². The third kappa shape index (κ3) is 2.45. The number of nitrogens with zero attached hydrogens (tertiary/aromatic N) is 4. The molecule has 1 aliphatic heterocycles. The molecule has 1 aromatic rings. The second-order valence-corrected chi connectivity index (χ2v) is 5.02. The lowest BCUT2D eigenvalue weighted by atomic mass is 10.2. The van der Waals surface area contributed by atoms with E-state index in [2.05, 4.69) is 10.2 Å². The number of hydrogen-bond donors (Lipinski definition) is 0. The van der Waals surface area contributed by atoms with Crippen LogP contribution in [0, 0.1) is 12.8 Å². The molecule has 102 valence electrons. The minimum Gasteiger partial charge on any atom is -0.417 e. The van der Waals surface area contributed by atoms with Crippen LogP contribution in [0.4, 0.5) is 0 Å². The van der Waals surface area contributed by atoms with Crippen molar-refractivity contribution in [1.29, 1.82) is 0 Å². The first kappa shape index (κ1) is 12.1. The summed E-state index contributed by atoms with van der Waals surface area (Å²) in [5.74, 6) is 0.631. The van der Waals surface area contributed by atoms with Gasteiger partial charge < -0.3 is 14.2 Å². The molecular formula is C12H16N4O3. The molecule has 1 aromatic heterocycles. The molecule has 2 aliphatic rings. The summed E-state index contributed by atoms with van der Waals surface area (Å²) in [7, 11) is 0. The van der Waals surface area contributed by atoms with Gasteiger partial charge in [-0.3, -0.25) is 9.59 Å². The lowest BCUT2D eigenvalue weighted by molar-refractivity contribution is -0.134. The Bertz CT molecular complexity index is 501. The Kier molecular flexibility index (Phi) is 2.96. The normalized spacial score (nSPS) is 19.6. The summed E-state index contributed by atoms with van der Waals surface area (Å²) in [4.78, 5) is 27.5. The highest BCUT2D eigenvalue weighted by Gasteiger charge is 2.35. The fourth-order valence-corrected chi connectivity index (χ4v) is 2.24. The smallest absolute Gasteiger partial charge is 0.311 e. The summed E-state index contributed by atoms with van der Waals surface area (Å²) in [6.07, 6.45) is 2.03. The first-order chi connectivity index (χ1) is 9.15. The molecule has 0 atom stereocenters. The van der Waals surface area contributed by atoms with Gasteiger partial charge in [0.15, 0.2) is 0 Å². The van der Waals surface area contributed by atoms with Crippen molar-refractivity contribution < 1.29 is 14.0 Å². The van der Waals surface area contributed by atoms with Gasteiger partial charge in [-0.25, -0.2) is 0 Å². The number of carbonyl (C=O) groups excluding carboxylic acids is 2. The molecule has 1 aliphatic carbocycles. The molecule has 1 saturated carbocycles. The fourth-order valence-electron chi connectivity index (χ4n) is 2.24. The Hall–Kier alpha value is -1.92. The molecule has 2 heterocycles. The van der Waals surface area contributed by atoms with E-state index in [4.69, 9.17) is 4.42 Å². The zero-order valence-electron chi connectivity index (χ0n) is 10.8. The van der Waals surface area contributed by atoms with E-state index in [-0.39, 0.29) is 23.6 Å². The standard InChI is InChI=1S/C12H16N4O3/c1-8-13-14-10(19-8)12(18)16-6-4-15(5-7-16)11(17)9-2-3-9/h9H,2-7H2,1H3. The molecule has 2 amide bonds. The van der Waals surface area contributed by atoms with Crippen LogP contribution in [0.25, 0.3) is 0 Å². The second kappa shape index (κ2) is 4.64. The van der Waals surface area contributed by atoms with Crippen LogP contribution >= 0.6 is 0 Å². The van der Waals surface area contributed by atoms with Gasteiger partial charge in [0.25, 0.3) is 0 Å².